The van der Waals surface area contributed by atoms with Gasteiger partial charge in [-0.25, -0.2) is 0 Å². The van der Waals surface area contributed by atoms with Crippen LogP contribution in [0, 0.1) is 5.92 Å². The first-order valence-corrected chi connectivity index (χ1v) is 6.32. The molecule has 0 heterocycles. The van der Waals surface area contributed by atoms with Crippen molar-refractivity contribution in [2.24, 2.45) is 5.92 Å². The van der Waals surface area contributed by atoms with Gasteiger partial charge in [-0.2, -0.15) is 0 Å². The summed E-state index contributed by atoms with van der Waals surface area (Å²) in [5.41, 5.74) is 1.23. The van der Waals surface area contributed by atoms with Gasteiger partial charge in [-0.1, -0.05) is 68.9 Å². The molecule has 0 spiro atoms. The largest absolute Gasteiger partial charge is 0.377 e. The van der Waals surface area contributed by atoms with E-state index in [1.807, 2.05) is 0 Å². The summed E-state index contributed by atoms with van der Waals surface area (Å²) >= 11 is 0. The van der Waals surface area contributed by atoms with Gasteiger partial charge >= 0.3 is 0 Å². The van der Waals surface area contributed by atoms with Crippen LogP contribution in [0.4, 0.5) is 0 Å². The molecule has 96 valence electrons. The fourth-order valence-electron chi connectivity index (χ4n) is 1.25. The van der Waals surface area contributed by atoms with Crippen LogP contribution in [0.1, 0.15) is 34.1 Å². The molecule has 0 aromatic rings. The molecule has 0 fully saturated rings. The van der Waals surface area contributed by atoms with Gasteiger partial charge in [0.25, 0.3) is 0 Å². The smallest absolute Gasteiger partial charge is 0.0752 e. The minimum Gasteiger partial charge on any atom is -0.377 e. The first-order valence-electron chi connectivity index (χ1n) is 6.32. The lowest BCUT2D eigenvalue weighted by Crippen LogP contribution is -2.03. The summed E-state index contributed by atoms with van der Waals surface area (Å²) in [6.07, 6.45) is 15.9. The number of allylic oxidation sites excluding steroid dienone is 7. The van der Waals surface area contributed by atoms with Crippen molar-refractivity contribution in [2.75, 3.05) is 7.11 Å². The highest BCUT2D eigenvalue weighted by Crippen LogP contribution is 2.02. The third kappa shape index (κ3) is 9.83. The quantitative estimate of drug-likeness (QED) is 0.581. The van der Waals surface area contributed by atoms with Gasteiger partial charge in [-0.3, -0.25) is 0 Å². The van der Waals surface area contributed by atoms with E-state index in [0.717, 1.165) is 6.42 Å². The Balaban J connectivity index is 4.17. The van der Waals surface area contributed by atoms with Crippen molar-refractivity contribution >= 4 is 0 Å². The molecule has 1 unspecified atom stereocenters. The lowest BCUT2D eigenvalue weighted by molar-refractivity contribution is 0.138. The second-order valence-electron chi connectivity index (χ2n) is 4.47. The summed E-state index contributed by atoms with van der Waals surface area (Å²) in [7, 11) is 1.74. The van der Waals surface area contributed by atoms with Crippen molar-refractivity contribution in [3.05, 3.63) is 48.1 Å². The molecule has 0 aliphatic carbocycles. The second-order valence-corrected chi connectivity index (χ2v) is 4.47. The van der Waals surface area contributed by atoms with Crippen LogP contribution in [0.3, 0.4) is 0 Å². The van der Waals surface area contributed by atoms with Crippen molar-refractivity contribution < 1.29 is 4.74 Å². The standard InChI is InChI=1S/C16H26O/c1-6-16(17-5)13-12-15(4)11-9-7-8-10-14(2)3/h7-14,16H,6H2,1-5H3/b9-7+,10-8+,13-12+,15-11+. The molecule has 0 aromatic carbocycles. The molecule has 0 aliphatic heterocycles. The van der Waals surface area contributed by atoms with Crippen LogP contribution in [0.5, 0.6) is 0 Å². The number of ether oxygens (including phenoxy) is 1. The van der Waals surface area contributed by atoms with Gasteiger partial charge in [0.15, 0.2) is 0 Å². The first-order chi connectivity index (χ1) is 8.10. The van der Waals surface area contributed by atoms with Crippen LogP contribution >= 0.6 is 0 Å². The zero-order valence-corrected chi connectivity index (χ0v) is 11.8. The maximum Gasteiger partial charge on any atom is 0.0752 e. The third-order valence-electron chi connectivity index (χ3n) is 2.36. The van der Waals surface area contributed by atoms with Crippen LogP contribution in [-0.2, 0) is 4.74 Å². The number of methoxy groups -OCH3 is 1. The molecular formula is C16H26O. The topological polar surface area (TPSA) is 9.23 Å². The molecule has 0 aromatic heterocycles. The van der Waals surface area contributed by atoms with E-state index in [2.05, 4.69) is 70.2 Å². The van der Waals surface area contributed by atoms with Gasteiger partial charge in [-0.15, -0.1) is 0 Å². The molecule has 1 atom stereocenters. The van der Waals surface area contributed by atoms with Crippen LogP contribution in [0.25, 0.3) is 0 Å². The molecule has 0 aliphatic rings. The highest BCUT2D eigenvalue weighted by molar-refractivity contribution is 5.24. The lowest BCUT2D eigenvalue weighted by atomic mass is 10.2. The lowest BCUT2D eigenvalue weighted by Gasteiger charge is -2.05. The molecule has 0 saturated heterocycles. The van der Waals surface area contributed by atoms with Gasteiger partial charge in [0.1, 0.15) is 0 Å². The molecule has 0 N–H and O–H groups in total. The van der Waals surface area contributed by atoms with E-state index in [0.29, 0.717) is 5.92 Å². The Bertz CT molecular complexity index is 289. The molecular weight excluding hydrogens is 208 g/mol. The molecule has 0 radical (unpaired) electrons. The maximum atomic E-state index is 5.28. The Morgan fingerprint density at radius 3 is 2.35 bits per heavy atom. The predicted molar refractivity (Wildman–Crippen MR) is 77.1 cm³/mol. The average Bonchev–Trinajstić information content (AvgIpc) is 2.29. The number of rotatable bonds is 7. The van der Waals surface area contributed by atoms with E-state index < -0.39 is 0 Å². The molecule has 0 rings (SSSR count). The monoisotopic (exact) mass is 234 g/mol. The van der Waals surface area contributed by atoms with Crippen LogP contribution in [0.2, 0.25) is 0 Å². The Hall–Kier alpha value is -1.08. The van der Waals surface area contributed by atoms with Gasteiger partial charge in [-0.05, 0) is 19.3 Å². The number of hydrogen-bond acceptors (Lipinski definition) is 1. The highest BCUT2D eigenvalue weighted by Gasteiger charge is 1.95. The minimum atomic E-state index is 0.225. The second kappa shape index (κ2) is 10.1. The highest BCUT2D eigenvalue weighted by atomic mass is 16.5. The molecule has 0 amide bonds. The summed E-state index contributed by atoms with van der Waals surface area (Å²) in [5, 5.41) is 0. The summed E-state index contributed by atoms with van der Waals surface area (Å²) in [4.78, 5) is 0. The van der Waals surface area contributed by atoms with Crippen molar-refractivity contribution in [1.29, 1.82) is 0 Å². The van der Waals surface area contributed by atoms with Crippen molar-refractivity contribution in [3.8, 4) is 0 Å². The Kier molecular flexibility index (Phi) is 9.46. The van der Waals surface area contributed by atoms with E-state index in [1.165, 1.54) is 5.57 Å². The van der Waals surface area contributed by atoms with Gasteiger partial charge in [0.2, 0.25) is 0 Å². The fourth-order valence-corrected chi connectivity index (χ4v) is 1.25. The van der Waals surface area contributed by atoms with Crippen LogP contribution in [0.15, 0.2) is 48.1 Å². The van der Waals surface area contributed by atoms with E-state index in [4.69, 9.17) is 4.74 Å². The van der Waals surface area contributed by atoms with E-state index in [1.54, 1.807) is 7.11 Å². The number of hydrogen-bond donors (Lipinski definition) is 0. The molecule has 17 heavy (non-hydrogen) atoms. The summed E-state index contributed by atoms with van der Waals surface area (Å²) in [6.45, 7) is 8.55. The van der Waals surface area contributed by atoms with E-state index in [-0.39, 0.29) is 6.10 Å². The molecule has 0 bridgehead atoms. The molecule has 0 saturated carbocycles. The van der Waals surface area contributed by atoms with Gasteiger partial charge in [0.05, 0.1) is 6.10 Å². The summed E-state index contributed by atoms with van der Waals surface area (Å²) in [6, 6.07) is 0. The fraction of sp³-hybridized carbons (Fsp3) is 0.500. The Morgan fingerprint density at radius 1 is 1.12 bits per heavy atom. The van der Waals surface area contributed by atoms with Crippen molar-refractivity contribution in [2.45, 2.75) is 40.2 Å². The minimum absolute atomic E-state index is 0.225. The van der Waals surface area contributed by atoms with E-state index in [9.17, 15) is 0 Å². The first kappa shape index (κ1) is 15.9. The third-order valence-corrected chi connectivity index (χ3v) is 2.36. The molecule has 1 nitrogen and oxygen atoms in total. The zero-order valence-electron chi connectivity index (χ0n) is 11.8. The molecule has 1 heteroatoms. The SMILES string of the molecule is CCC(/C=C/C(C)=C/C=C/C=C/C(C)C)OC. The Morgan fingerprint density at radius 2 is 1.82 bits per heavy atom. The zero-order chi connectivity index (χ0) is 13.1. The maximum absolute atomic E-state index is 5.28. The van der Waals surface area contributed by atoms with Crippen LogP contribution < -0.4 is 0 Å². The van der Waals surface area contributed by atoms with E-state index >= 15 is 0 Å². The average molecular weight is 234 g/mol. The van der Waals surface area contributed by atoms with Gasteiger partial charge < -0.3 is 4.74 Å². The predicted octanol–water partition coefficient (Wildman–Crippen LogP) is 4.68. The normalized spacial score (nSPS) is 15.8. The van der Waals surface area contributed by atoms with Crippen LogP contribution in [-0.4, -0.2) is 13.2 Å². The van der Waals surface area contributed by atoms with Crippen molar-refractivity contribution in [1.82, 2.24) is 0 Å². The Labute approximate surface area is 107 Å². The summed E-state index contributed by atoms with van der Waals surface area (Å²) < 4.78 is 5.28. The van der Waals surface area contributed by atoms with Gasteiger partial charge in [0, 0.05) is 7.11 Å². The summed E-state index contributed by atoms with van der Waals surface area (Å²) in [5.74, 6) is 0.608. The van der Waals surface area contributed by atoms with Crippen molar-refractivity contribution in [3.63, 3.8) is 0 Å².